The average Bonchev–Trinajstić information content (AvgIpc) is 3.45. The molecule has 14 heteroatoms. The predicted molar refractivity (Wildman–Crippen MR) is 308 cm³/mol. The highest BCUT2D eigenvalue weighted by atomic mass is 16.7. The Balaban J connectivity index is 1.68. The Hall–Kier alpha value is -3.61. The lowest BCUT2D eigenvalue weighted by Gasteiger charge is -2.46. The van der Waals surface area contributed by atoms with E-state index in [2.05, 4.69) is 129 Å². The minimum absolute atomic E-state index is 0.255. The van der Waals surface area contributed by atoms with Crippen molar-refractivity contribution in [3.63, 3.8) is 0 Å². The number of carbonyl (C=O) groups excluding carboxylic acids is 1. The summed E-state index contributed by atoms with van der Waals surface area (Å²) in [4.78, 5) is 13.2. The average molecular weight is 1080 g/mol. The highest BCUT2D eigenvalue weighted by Gasteiger charge is 2.51. The van der Waals surface area contributed by atoms with Gasteiger partial charge in [-0.05, 0) is 96.3 Å². The van der Waals surface area contributed by atoms with Gasteiger partial charge < -0.3 is 65.1 Å². The van der Waals surface area contributed by atoms with Crippen LogP contribution < -0.4 is 5.32 Å². The number of ether oxygens (including phenoxy) is 4. The number of amides is 1. The molecule has 77 heavy (non-hydrogen) atoms. The monoisotopic (exact) mass is 1080 g/mol. The topological polar surface area (TPSA) is 228 Å². The van der Waals surface area contributed by atoms with E-state index in [1.54, 1.807) is 6.08 Å². The summed E-state index contributed by atoms with van der Waals surface area (Å²) in [6.45, 7) is 2.58. The van der Waals surface area contributed by atoms with Gasteiger partial charge in [0, 0.05) is 6.42 Å². The van der Waals surface area contributed by atoms with Crippen LogP contribution in [0.5, 0.6) is 0 Å². The van der Waals surface area contributed by atoms with Crippen molar-refractivity contribution in [2.45, 2.75) is 248 Å². The summed E-state index contributed by atoms with van der Waals surface area (Å²) >= 11 is 0. The van der Waals surface area contributed by atoms with Crippen molar-refractivity contribution in [1.82, 2.24) is 5.32 Å². The van der Waals surface area contributed by atoms with E-state index in [4.69, 9.17) is 18.9 Å². The fourth-order valence-corrected chi connectivity index (χ4v) is 8.67. The van der Waals surface area contributed by atoms with Crippen LogP contribution in [0.15, 0.2) is 122 Å². The highest BCUT2D eigenvalue weighted by molar-refractivity contribution is 5.76. The lowest BCUT2D eigenvalue weighted by Crippen LogP contribution is -2.65. The van der Waals surface area contributed by atoms with Gasteiger partial charge in [-0.1, -0.05) is 193 Å². The summed E-state index contributed by atoms with van der Waals surface area (Å²) in [6.07, 6.45) is 51.2. The van der Waals surface area contributed by atoms with Crippen LogP contribution in [-0.4, -0.2) is 140 Å². The van der Waals surface area contributed by atoms with Crippen molar-refractivity contribution in [1.29, 1.82) is 0 Å². The first-order valence-corrected chi connectivity index (χ1v) is 29.3. The van der Waals surface area contributed by atoms with Gasteiger partial charge in [0.25, 0.3) is 0 Å². The molecule has 14 nitrogen and oxygen atoms in total. The Kier molecular flexibility index (Phi) is 42.6. The van der Waals surface area contributed by atoms with Gasteiger partial charge in [0.05, 0.1) is 32.0 Å². The number of aliphatic hydroxyl groups is 8. The first-order chi connectivity index (χ1) is 37.6. The molecule has 2 aliphatic heterocycles. The van der Waals surface area contributed by atoms with Crippen LogP contribution in [0.3, 0.4) is 0 Å². The van der Waals surface area contributed by atoms with E-state index >= 15 is 0 Å². The molecular formula is C63H103NO13. The lowest BCUT2D eigenvalue weighted by atomic mass is 9.97. The summed E-state index contributed by atoms with van der Waals surface area (Å²) in [5.74, 6) is -0.267. The van der Waals surface area contributed by atoms with E-state index in [1.165, 1.54) is 38.5 Å². The molecule has 2 heterocycles. The zero-order chi connectivity index (χ0) is 56.0. The normalized spacial score (nSPS) is 25.6. The van der Waals surface area contributed by atoms with Gasteiger partial charge in [-0.2, -0.15) is 0 Å². The fraction of sp³-hybridized carbons (Fsp3) is 0.667. The highest BCUT2D eigenvalue weighted by Crippen LogP contribution is 2.30. The second-order valence-electron chi connectivity index (χ2n) is 20.0. The Morgan fingerprint density at radius 3 is 1.43 bits per heavy atom. The van der Waals surface area contributed by atoms with Crippen LogP contribution in [0, 0.1) is 0 Å². The summed E-state index contributed by atoms with van der Waals surface area (Å²) in [6, 6.07) is -0.943. The zero-order valence-corrected chi connectivity index (χ0v) is 46.9. The summed E-state index contributed by atoms with van der Waals surface area (Å²) in [7, 11) is 0. The Morgan fingerprint density at radius 1 is 0.481 bits per heavy atom. The molecule has 1 amide bonds. The van der Waals surface area contributed by atoms with Crippen LogP contribution >= 0.6 is 0 Å². The molecule has 12 atom stereocenters. The smallest absolute Gasteiger partial charge is 0.220 e. The second-order valence-corrected chi connectivity index (χ2v) is 20.0. The Bertz CT molecular complexity index is 1750. The van der Waals surface area contributed by atoms with Crippen LogP contribution in [-0.2, 0) is 23.7 Å². The van der Waals surface area contributed by atoms with E-state index in [0.29, 0.717) is 12.8 Å². The molecule has 2 fully saturated rings. The first kappa shape index (κ1) is 69.5. The van der Waals surface area contributed by atoms with Crippen LogP contribution in [0.2, 0.25) is 0 Å². The third-order valence-electron chi connectivity index (χ3n) is 13.4. The van der Waals surface area contributed by atoms with Crippen LogP contribution in [0.4, 0.5) is 0 Å². The van der Waals surface area contributed by atoms with Crippen molar-refractivity contribution in [3.8, 4) is 0 Å². The Labute approximate surface area is 463 Å². The standard InChI is InChI=1S/C63H103NO13/c1-3-5-7-9-11-13-15-16-17-18-19-20-21-22-23-24-25-26-27-28-29-30-31-32-33-34-35-36-37-39-41-43-45-47-55(68)64-51(52(67)46-44-42-40-38-14-12-10-8-6-4-2)50-74-62-60(73)58(71)61(54(49-66)76-62)77-63-59(72)57(70)56(69)53(48-65)75-63/h5,7,11,13-14,16-17,19-20,22-23,25-26,28-29,31-32,38,44,46,51-54,56-63,65-67,69-73H,3-4,6,8-10,12,15,18,21,24,27,30,33-37,39-43,45,47-50H2,1-2H3,(H,64,68)/b7-5-,13-11-,17-16-,20-19-,23-22-,26-25-,29-28-,32-31-,38-14+,46-44+. The molecule has 0 aliphatic carbocycles. The number of carbonyl (C=O) groups is 1. The predicted octanol–water partition coefficient (Wildman–Crippen LogP) is 9.83. The number of rotatable bonds is 44. The molecule has 0 bridgehead atoms. The minimum Gasteiger partial charge on any atom is -0.394 e. The van der Waals surface area contributed by atoms with E-state index < -0.39 is 86.8 Å². The number of allylic oxidation sites excluding steroid dienone is 19. The molecule has 0 radical (unpaired) electrons. The minimum atomic E-state index is -1.80. The molecule has 12 unspecified atom stereocenters. The van der Waals surface area contributed by atoms with Gasteiger partial charge in [0.1, 0.15) is 48.8 Å². The quantitative estimate of drug-likeness (QED) is 0.0205. The lowest BCUT2D eigenvalue weighted by molar-refractivity contribution is -0.359. The molecule has 0 saturated carbocycles. The van der Waals surface area contributed by atoms with Crippen molar-refractivity contribution in [2.24, 2.45) is 0 Å². The van der Waals surface area contributed by atoms with Gasteiger partial charge >= 0.3 is 0 Å². The van der Waals surface area contributed by atoms with Crippen LogP contribution in [0.25, 0.3) is 0 Å². The summed E-state index contributed by atoms with van der Waals surface area (Å²) in [5, 5.41) is 86.8. The van der Waals surface area contributed by atoms with Gasteiger partial charge in [-0.15, -0.1) is 0 Å². The van der Waals surface area contributed by atoms with Crippen molar-refractivity contribution in [2.75, 3.05) is 19.8 Å². The molecule has 9 N–H and O–H groups in total. The van der Waals surface area contributed by atoms with E-state index in [-0.39, 0.29) is 18.9 Å². The third-order valence-corrected chi connectivity index (χ3v) is 13.4. The zero-order valence-electron chi connectivity index (χ0n) is 46.9. The maximum Gasteiger partial charge on any atom is 0.220 e. The van der Waals surface area contributed by atoms with Gasteiger partial charge in [-0.3, -0.25) is 4.79 Å². The largest absolute Gasteiger partial charge is 0.394 e. The molecule has 2 saturated heterocycles. The molecule has 0 spiro atoms. The molecule has 0 aromatic rings. The summed E-state index contributed by atoms with van der Waals surface area (Å²) < 4.78 is 22.7. The number of hydrogen-bond donors (Lipinski definition) is 9. The van der Waals surface area contributed by atoms with E-state index in [1.807, 2.05) is 6.08 Å². The molecule has 2 rings (SSSR count). The first-order valence-electron chi connectivity index (χ1n) is 29.3. The van der Waals surface area contributed by atoms with Gasteiger partial charge in [0.15, 0.2) is 12.6 Å². The fourth-order valence-electron chi connectivity index (χ4n) is 8.67. The van der Waals surface area contributed by atoms with E-state index in [0.717, 1.165) is 103 Å². The van der Waals surface area contributed by atoms with Crippen molar-refractivity contribution in [3.05, 3.63) is 122 Å². The van der Waals surface area contributed by atoms with Gasteiger partial charge in [0.2, 0.25) is 5.91 Å². The van der Waals surface area contributed by atoms with Crippen molar-refractivity contribution >= 4 is 5.91 Å². The molecular weight excluding hydrogens is 979 g/mol. The van der Waals surface area contributed by atoms with Crippen LogP contribution in [0.1, 0.15) is 174 Å². The molecule has 2 aliphatic rings. The maximum absolute atomic E-state index is 13.2. The molecule has 0 aromatic heterocycles. The molecule has 0 aromatic carbocycles. The van der Waals surface area contributed by atoms with Gasteiger partial charge in [-0.25, -0.2) is 0 Å². The maximum atomic E-state index is 13.2. The SMILES string of the molecule is CC/C=C\C/C=C\C/C=C\C/C=C\C/C=C\C/C=C\C/C=C\C/C=C\CCCCCCCCCCC(=O)NC(COC1OC(CO)C(OC2OC(CO)C(O)C(O)C2O)C(O)C1O)C(O)/C=C/CC/C=C/CCCCCC. The Morgan fingerprint density at radius 2 is 0.909 bits per heavy atom. The van der Waals surface area contributed by atoms with E-state index in [9.17, 15) is 45.6 Å². The second kappa shape index (κ2) is 47.2. The number of nitrogens with one attached hydrogen (secondary N) is 1. The molecule has 438 valence electrons. The summed E-state index contributed by atoms with van der Waals surface area (Å²) in [5.41, 5.74) is 0. The number of aliphatic hydroxyl groups excluding tert-OH is 8. The van der Waals surface area contributed by atoms with Crippen molar-refractivity contribution < 1.29 is 64.6 Å². The number of hydrogen-bond acceptors (Lipinski definition) is 13. The number of unbranched alkanes of at least 4 members (excludes halogenated alkanes) is 13. The third kappa shape index (κ3) is 32.9.